The van der Waals surface area contributed by atoms with Crippen molar-refractivity contribution in [2.45, 2.75) is 19.6 Å². The Morgan fingerprint density at radius 3 is 2.57 bits per heavy atom. The SMILES string of the molecule is C[C@H](OC(=O)/C=C/c1cnn(Cc2ccccc2)c1)C(=O)c1ccc(F)cc1. The Kier molecular flexibility index (Phi) is 6.11. The molecule has 0 bridgehead atoms. The van der Waals surface area contributed by atoms with Crippen LogP contribution in [0.2, 0.25) is 0 Å². The summed E-state index contributed by atoms with van der Waals surface area (Å²) in [6.07, 6.45) is 5.30. The number of hydrogen-bond donors (Lipinski definition) is 0. The molecular weight excluding hydrogens is 359 g/mol. The van der Waals surface area contributed by atoms with Gasteiger partial charge in [-0.2, -0.15) is 5.10 Å². The molecule has 3 rings (SSSR count). The summed E-state index contributed by atoms with van der Waals surface area (Å²) < 4.78 is 19.8. The number of halogens is 1. The lowest BCUT2D eigenvalue weighted by molar-refractivity contribution is -0.140. The van der Waals surface area contributed by atoms with E-state index in [4.69, 9.17) is 4.74 Å². The molecule has 0 amide bonds. The Bertz CT molecular complexity index is 979. The molecule has 0 unspecified atom stereocenters. The molecule has 28 heavy (non-hydrogen) atoms. The maximum Gasteiger partial charge on any atom is 0.331 e. The highest BCUT2D eigenvalue weighted by molar-refractivity contribution is 6.01. The summed E-state index contributed by atoms with van der Waals surface area (Å²) in [5.41, 5.74) is 2.15. The minimum Gasteiger partial charge on any atom is -0.451 e. The third-order valence-corrected chi connectivity index (χ3v) is 4.04. The van der Waals surface area contributed by atoms with Crippen LogP contribution in [0.3, 0.4) is 0 Å². The molecule has 1 atom stereocenters. The van der Waals surface area contributed by atoms with E-state index in [1.54, 1.807) is 17.0 Å². The molecule has 0 aliphatic heterocycles. The molecule has 0 spiro atoms. The number of nitrogens with zero attached hydrogens (tertiary/aromatic N) is 2. The van der Waals surface area contributed by atoms with Gasteiger partial charge in [-0.25, -0.2) is 9.18 Å². The van der Waals surface area contributed by atoms with E-state index < -0.39 is 23.7 Å². The normalized spacial score (nSPS) is 12.1. The van der Waals surface area contributed by atoms with Gasteiger partial charge in [0.05, 0.1) is 12.7 Å². The van der Waals surface area contributed by atoms with E-state index in [0.717, 1.165) is 11.1 Å². The van der Waals surface area contributed by atoms with E-state index >= 15 is 0 Å². The van der Waals surface area contributed by atoms with Crippen molar-refractivity contribution in [2.24, 2.45) is 0 Å². The van der Waals surface area contributed by atoms with Gasteiger partial charge in [-0.15, -0.1) is 0 Å². The Morgan fingerprint density at radius 1 is 1.14 bits per heavy atom. The molecule has 142 valence electrons. The Balaban J connectivity index is 1.55. The topological polar surface area (TPSA) is 61.2 Å². The van der Waals surface area contributed by atoms with Crippen LogP contribution in [0, 0.1) is 5.82 Å². The summed E-state index contributed by atoms with van der Waals surface area (Å²) in [4.78, 5) is 24.2. The average Bonchev–Trinajstić information content (AvgIpc) is 3.14. The molecule has 0 radical (unpaired) electrons. The monoisotopic (exact) mass is 378 g/mol. The van der Waals surface area contributed by atoms with Crippen LogP contribution in [-0.4, -0.2) is 27.6 Å². The van der Waals surface area contributed by atoms with Crippen molar-refractivity contribution in [1.29, 1.82) is 0 Å². The number of Topliss-reactive ketones (excluding diaryl/α,β-unsaturated/α-hetero) is 1. The van der Waals surface area contributed by atoms with E-state index in [2.05, 4.69) is 5.10 Å². The van der Waals surface area contributed by atoms with E-state index in [1.807, 2.05) is 36.5 Å². The third kappa shape index (κ3) is 5.23. The molecule has 0 aliphatic carbocycles. The predicted molar refractivity (Wildman–Crippen MR) is 103 cm³/mol. The lowest BCUT2D eigenvalue weighted by Crippen LogP contribution is -2.23. The number of esters is 1. The number of benzene rings is 2. The van der Waals surface area contributed by atoms with Gasteiger partial charge >= 0.3 is 5.97 Å². The fraction of sp³-hybridized carbons (Fsp3) is 0.136. The van der Waals surface area contributed by atoms with Crippen LogP contribution in [0.4, 0.5) is 4.39 Å². The summed E-state index contributed by atoms with van der Waals surface area (Å²) >= 11 is 0. The smallest absolute Gasteiger partial charge is 0.331 e. The van der Waals surface area contributed by atoms with E-state index in [0.29, 0.717) is 6.54 Å². The molecule has 0 aliphatic rings. The summed E-state index contributed by atoms with van der Waals surface area (Å²) in [5, 5.41) is 4.25. The number of ether oxygens (including phenoxy) is 1. The number of aromatic nitrogens is 2. The van der Waals surface area contributed by atoms with Crippen LogP contribution in [-0.2, 0) is 16.1 Å². The quantitative estimate of drug-likeness (QED) is 0.355. The number of rotatable bonds is 7. The fourth-order valence-corrected chi connectivity index (χ4v) is 2.60. The first-order valence-electron chi connectivity index (χ1n) is 8.76. The summed E-state index contributed by atoms with van der Waals surface area (Å²) in [6.45, 7) is 2.11. The second-order valence-corrected chi connectivity index (χ2v) is 6.24. The molecule has 6 heteroatoms. The van der Waals surface area contributed by atoms with Gasteiger partial charge in [0.1, 0.15) is 5.82 Å². The Hall–Kier alpha value is -3.54. The number of carbonyl (C=O) groups excluding carboxylic acids is 2. The first kappa shape index (κ1) is 19.2. The van der Waals surface area contributed by atoms with Crippen LogP contribution in [0.25, 0.3) is 6.08 Å². The molecular formula is C22H19FN2O3. The number of hydrogen-bond acceptors (Lipinski definition) is 4. The first-order valence-corrected chi connectivity index (χ1v) is 8.76. The molecule has 0 saturated heterocycles. The van der Waals surface area contributed by atoms with Gasteiger partial charge in [-0.05, 0) is 42.8 Å². The Morgan fingerprint density at radius 2 is 1.86 bits per heavy atom. The standard InChI is InChI=1S/C22H19FN2O3/c1-16(22(27)19-8-10-20(23)11-9-19)28-21(26)12-7-18-13-24-25(15-18)14-17-5-3-2-4-6-17/h2-13,15-16H,14H2,1H3/b12-7+/t16-/m0/s1. The van der Waals surface area contributed by atoms with Crippen molar-refractivity contribution in [3.05, 3.63) is 95.6 Å². The molecule has 0 saturated carbocycles. The van der Waals surface area contributed by atoms with E-state index in [1.165, 1.54) is 37.3 Å². The minimum atomic E-state index is -0.969. The van der Waals surface area contributed by atoms with Crippen molar-refractivity contribution in [2.75, 3.05) is 0 Å². The largest absolute Gasteiger partial charge is 0.451 e. The highest BCUT2D eigenvalue weighted by Crippen LogP contribution is 2.09. The second-order valence-electron chi connectivity index (χ2n) is 6.24. The van der Waals surface area contributed by atoms with Crippen LogP contribution in [0.1, 0.15) is 28.4 Å². The summed E-state index contributed by atoms with van der Waals surface area (Å²) in [7, 11) is 0. The van der Waals surface area contributed by atoms with Gasteiger partial charge in [0.2, 0.25) is 5.78 Å². The van der Waals surface area contributed by atoms with Crippen molar-refractivity contribution in [3.63, 3.8) is 0 Å². The maximum absolute atomic E-state index is 12.9. The maximum atomic E-state index is 12.9. The van der Waals surface area contributed by atoms with Gasteiger partial charge in [0.25, 0.3) is 0 Å². The lowest BCUT2D eigenvalue weighted by atomic mass is 10.1. The minimum absolute atomic E-state index is 0.285. The first-order chi connectivity index (χ1) is 13.5. The Labute approximate surface area is 162 Å². The van der Waals surface area contributed by atoms with Gasteiger partial charge in [-0.1, -0.05) is 30.3 Å². The van der Waals surface area contributed by atoms with Crippen molar-refractivity contribution < 1.29 is 18.7 Å². The fourth-order valence-electron chi connectivity index (χ4n) is 2.60. The second kappa shape index (κ2) is 8.90. The van der Waals surface area contributed by atoms with Gasteiger partial charge in [0, 0.05) is 23.4 Å². The number of ketones is 1. The molecule has 0 N–H and O–H groups in total. The molecule has 1 aromatic heterocycles. The summed E-state index contributed by atoms with van der Waals surface area (Å²) in [6, 6.07) is 15.0. The predicted octanol–water partition coefficient (Wildman–Crippen LogP) is 3.90. The zero-order valence-corrected chi connectivity index (χ0v) is 15.3. The molecule has 5 nitrogen and oxygen atoms in total. The zero-order valence-electron chi connectivity index (χ0n) is 15.3. The van der Waals surface area contributed by atoms with E-state index in [-0.39, 0.29) is 5.56 Å². The van der Waals surface area contributed by atoms with Crippen LogP contribution < -0.4 is 0 Å². The molecule has 0 fully saturated rings. The van der Waals surface area contributed by atoms with Crippen LogP contribution >= 0.6 is 0 Å². The third-order valence-electron chi connectivity index (χ3n) is 4.04. The average molecular weight is 378 g/mol. The number of carbonyl (C=O) groups is 2. The van der Waals surface area contributed by atoms with Gasteiger partial charge < -0.3 is 4.74 Å². The van der Waals surface area contributed by atoms with E-state index in [9.17, 15) is 14.0 Å². The zero-order chi connectivity index (χ0) is 19.9. The molecule has 1 heterocycles. The van der Waals surface area contributed by atoms with Crippen LogP contribution in [0.5, 0.6) is 0 Å². The highest BCUT2D eigenvalue weighted by atomic mass is 19.1. The molecule has 2 aromatic carbocycles. The molecule has 3 aromatic rings. The lowest BCUT2D eigenvalue weighted by Gasteiger charge is -2.10. The van der Waals surface area contributed by atoms with Crippen molar-refractivity contribution in [1.82, 2.24) is 9.78 Å². The van der Waals surface area contributed by atoms with Gasteiger partial charge in [-0.3, -0.25) is 9.48 Å². The van der Waals surface area contributed by atoms with Crippen molar-refractivity contribution >= 4 is 17.8 Å². The summed E-state index contributed by atoms with van der Waals surface area (Å²) in [5.74, 6) is -1.46. The van der Waals surface area contributed by atoms with Crippen LogP contribution in [0.15, 0.2) is 73.1 Å². The van der Waals surface area contributed by atoms with Crippen molar-refractivity contribution in [3.8, 4) is 0 Å². The van der Waals surface area contributed by atoms with Gasteiger partial charge in [0.15, 0.2) is 6.10 Å². The highest BCUT2D eigenvalue weighted by Gasteiger charge is 2.18.